The summed E-state index contributed by atoms with van der Waals surface area (Å²) in [7, 11) is 3.11. The Bertz CT molecular complexity index is 644. The van der Waals surface area contributed by atoms with Crippen LogP contribution in [-0.2, 0) is 11.3 Å². The quantitative estimate of drug-likeness (QED) is 0.809. The Morgan fingerprint density at radius 3 is 2.62 bits per heavy atom. The smallest absolute Gasteiger partial charge is 0.358 e. The van der Waals surface area contributed by atoms with Gasteiger partial charge in [-0.3, -0.25) is 0 Å². The van der Waals surface area contributed by atoms with Crippen LogP contribution in [0.3, 0.4) is 0 Å². The van der Waals surface area contributed by atoms with Crippen LogP contribution >= 0.6 is 0 Å². The fourth-order valence-electron chi connectivity index (χ4n) is 1.83. The Labute approximate surface area is 122 Å². The minimum atomic E-state index is -0.530. The first-order valence-corrected chi connectivity index (χ1v) is 6.39. The van der Waals surface area contributed by atoms with Crippen molar-refractivity contribution in [2.45, 2.75) is 13.5 Å². The van der Waals surface area contributed by atoms with Crippen molar-refractivity contribution in [1.82, 2.24) is 10.2 Å². The highest BCUT2D eigenvalue weighted by Gasteiger charge is 2.10. The number of carbonyl (C=O) groups excluding carboxylic acids is 1. The van der Waals surface area contributed by atoms with Crippen molar-refractivity contribution in [3.8, 4) is 0 Å². The monoisotopic (exact) mass is 289 g/mol. The van der Waals surface area contributed by atoms with E-state index in [1.807, 2.05) is 18.0 Å². The van der Waals surface area contributed by atoms with Gasteiger partial charge < -0.3 is 9.64 Å². The molecule has 0 aliphatic carbocycles. The molecule has 1 heterocycles. The van der Waals surface area contributed by atoms with Crippen LogP contribution in [0.2, 0.25) is 0 Å². The lowest BCUT2D eigenvalue weighted by Gasteiger charge is -2.17. The number of hydrogen-bond donors (Lipinski definition) is 0. The number of carbonyl (C=O) groups is 1. The highest BCUT2D eigenvalue weighted by molar-refractivity contribution is 5.86. The third-order valence-corrected chi connectivity index (χ3v) is 3.09. The molecule has 110 valence electrons. The van der Waals surface area contributed by atoms with E-state index in [-0.39, 0.29) is 11.5 Å². The van der Waals surface area contributed by atoms with Crippen LogP contribution in [0.25, 0.3) is 0 Å². The molecule has 0 fully saturated rings. The van der Waals surface area contributed by atoms with Crippen LogP contribution in [-0.4, -0.2) is 30.3 Å². The molecule has 0 atom stereocenters. The summed E-state index contributed by atoms with van der Waals surface area (Å²) in [6.45, 7) is 2.21. The van der Waals surface area contributed by atoms with Crippen LogP contribution in [0, 0.1) is 12.7 Å². The predicted molar refractivity (Wildman–Crippen MR) is 76.6 cm³/mol. The van der Waals surface area contributed by atoms with Gasteiger partial charge in [-0.1, -0.05) is 12.1 Å². The van der Waals surface area contributed by atoms with Crippen molar-refractivity contribution >= 4 is 11.8 Å². The zero-order valence-corrected chi connectivity index (χ0v) is 12.1. The van der Waals surface area contributed by atoms with Crippen molar-refractivity contribution < 1.29 is 13.9 Å². The van der Waals surface area contributed by atoms with Gasteiger partial charge in [-0.2, -0.15) is 0 Å². The summed E-state index contributed by atoms with van der Waals surface area (Å²) in [5, 5.41) is 7.77. The number of halogens is 1. The second kappa shape index (κ2) is 6.30. The highest BCUT2D eigenvalue weighted by Crippen LogP contribution is 2.15. The van der Waals surface area contributed by atoms with E-state index < -0.39 is 5.97 Å². The molecule has 0 aliphatic heterocycles. The molecular formula is C15H16FN3O2. The molecule has 0 unspecified atom stereocenters. The van der Waals surface area contributed by atoms with Crippen molar-refractivity contribution in [2.24, 2.45) is 0 Å². The Morgan fingerprint density at radius 1 is 1.29 bits per heavy atom. The first-order valence-electron chi connectivity index (χ1n) is 6.39. The van der Waals surface area contributed by atoms with Gasteiger partial charge >= 0.3 is 5.97 Å². The van der Waals surface area contributed by atoms with Gasteiger partial charge in [0.25, 0.3) is 0 Å². The zero-order valence-electron chi connectivity index (χ0n) is 12.1. The first-order chi connectivity index (χ1) is 10.0. The molecule has 0 N–H and O–H groups in total. The molecule has 1 aromatic carbocycles. The SMILES string of the molecule is COC(=O)c1ccc(N(C)Cc2ccc(C)c(F)c2)nn1. The molecule has 0 radical (unpaired) electrons. The van der Waals surface area contributed by atoms with Gasteiger partial charge in [-0.15, -0.1) is 10.2 Å². The molecule has 0 saturated heterocycles. The van der Waals surface area contributed by atoms with Gasteiger partial charge in [-0.05, 0) is 36.2 Å². The maximum absolute atomic E-state index is 13.5. The first kappa shape index (κ1) is 14.9. The number of methoxy groups -OCH3 is 1. The summed E-state index contributed by atoms with van der Waals surface area (Å²) in [5.74, 6) is -0.172. The van der Waals surface area contributed by atoms with Gasteiger partial charge in [0.1, 0.15) is 5.82 Å². The van der Waals surface area contributed by atoms with Crippen molar-refractivity contribution in [3.63, 3.8) is 0 Å². The summed E-state index contributed by atoms with van der Waals surface area (Å²) in [4.78, 5) is 13.1. The molecule has 21 heavy (non-hydrogen) atoms. The van der Waals surface area contributed by atoms with Gasteiger partial charge in [0.15, 0.2) is 11.5 Å². The second-order valence-electron chi connectivity index (χ2n) is 4.71. The van der Waals surface area contributed by atoms with E-state index in [0.29, 0.717) is 17.9 Å². The van der Waals surface area contributed by atoms with E-state index in [0.717, 1.165) is 5.56 Å². The Kier molecular flexibility index (Phi) is 4.47. The highest BCUT2D eigenvalue weighted by atomic mass is 19.1. The number of hydrogen-bond acceptors (Lipinski definition) is 5. The van der Waals surface area contributed by atoms with Crippen LogP contribution < -0.4 is 4.90 Å². The third-order valence-electron chi connectivity index (χ3n) is 3.09. The van der Waals surface area contributed by atoms with Gasteiger partial charge in [0.2, 0.25) is 0 Å². The van der Waals surface area contributed by atoms with Gasteiger partial charge in [-0.25, -0.2) is 9.18 Å². The minimum absolute atomic E-state index is 0.149. The maximum Gasteiger partial charge on any atom is 0.358 e. The molecule has 2 aromatic rings. The van der Waals surface area contributed by atoms with Crippen molar-refractivity contribution in [1.29, 1.82) is 0 Å². The number of nitrogens with zero attached hydrogens (tertiary/aromatic N) is 3. The number of aromatic nitrogens is 2. The molecule has 5 nitrogen and oxygen atoms in total. The Morgan fingerprint density at radius 2 is 2.05 bits per heavy atom. The second-order valence-corrected chi connectivity index (χ2v) is 4.71. The Balaban J connectivity index is 2.10. The minimum Gasteiger partial charge on any atom is -0.464 e. The van der Waals surface area contributed by atoms with Crippen LogP contribution in [0.4, 0.5) is 10.2 Å². The molecule has 2 rings (SSSR count). The van der Waals surface area contributed by atoms with Crippen molar-refractivity contribution in [2.75, 3.05) is 19.1 Å². The molecule has 6 heteroatoms. The fourth-order valence-corrected chi connectivity index (χ4v) is 1.83. The number of anilines is 1. The summed E-state index contributed by atoms with van der Waals surface area (Å²) >= 11 is 0. The molecule has 0 spiro atoms. The summed E-state index contributed by atoms with van der Waals surface area (Å²) in [6, 6.07) is 8.32. The van der Waals surface area contributed by atoms with E-state index in [1.54, 1.807) is 25.1 Å². The molecule has 0 amide bonds. The van der Waals surface area contributed by atoms with E-state index in [9.17, 15) is 9.18 Å². The van der Waals surface area contributed by atoms with Crippen molar-refractivity contribution in [3.05, 3.63) is 53.0 Å². The largest absolute Gasteiger partial charge is 0.464 e. The number of esters is 1. The number of aryl methyl sites for hydroxylation is 1. The molecular weight excluding hydrogens is 273 g/mol. The third kappa shape index (κ3) is 3.53. The normalized spacial score (nSPS) is 10.3. The van der Waals surface area contributed by atoms with E-state index in [2.05, 4.69) is 14.9 Å². The molecule has 0 aliphatic rings. The molecule has 0 saturated carbocycles. The topological polar surface area (TPSA) is 55.3 Å². The number of benzene rings is 1. The zero-order chi connectivity index (χ0) is 15.4. The lowest BCUT2D eigenvalue weighted by atomic mass is 10.1. The number of ether oxygens (including phenoxy) is 1. The van der Waals surface area contributed by atoms with Crippen LogP contribution in [0.15, 0.2) is 30.3 Å². The predicted octanol–water partition coefficient (Wildman–Crippen LogP) is 2.35. The van der Waals surface area contributed by atoms with E-state index in [4.69, 9.17) is 0 Å². The average Bonchev–Trinajstić information content (AvgIpc) is 2.50. The van der Waals surface area contributed by atoms with Crippen LogP contribution in [0.5, 0.6) is 0 Å². The standard InChI is InChI=1S/C15H16FN3O2/c1-10-4-5-11(8-12(10)16)9-19(2)14-7-6-13(17-18-14)15(20)21-3/h4-8H,9H2,1-3H3. The Hall–Kier alpha value is -2.50. The van der Waals surface area contributed by atoms with Gasteiger partial charge in [0.05, 0.1) is 7.11 Å². The van der Waals surface area contributed by atoms with Gasteiger partial charge in [0, 0.05) is 13.6 Å². The lowest BCUT2D eigenvalue weighted by molar-refractivity contribution is 0.0592. The van der Waals surface area contributed by atoms with E-state index in [1.165, 1.54) is 13.2 Å². The van der Waals surface area contributed by atoms with E-state index >= 15 is 0 Å². The fraction of sp³-hybridized carbons (Fsp3) is 0.267. The summed E-state index contributed by atoms with van der Waals surface area (Å²) in [6.07, 6.45) is 0. The summed E-state index contributed by atoms with van der Waals surface area (Å²) in [5.41, 5.74) is 1.60. The molecule has 1 aromatic heterocycles. The van der Waals surface area contributed by atoms with Crippen LogP contribution in [0.1, 0.15) is 21.6 Å². The number of rotatable bonds is 4. The molecule has 0 bridgehead atoms. The lowest BCUT2D eigenvalue weighted by Crippen LogP contribution is -2.19. The maximum atomic E-state index is 13.5. The summed E-state index contributed by atoms with van der Waals surface area (Å²) < 4.78 is 18.1. The average molecular weight is 289 g/mol.